The molecule has 0 fully saturated rings. The van der Waals surface area contributed by atoms with Crippen LogP contribution in [0.25, 0.3) is 20.3 Å². The van der Waals surface area contributed by atoms with Crippen LogP contribution in [-0.2, 0) is 11.3 Å². The summed E-state index contributed by atoms with van der Waals surface area (Å²) in [7, 11) is 1.67. The predicted octanol–water partition coefficient (Wildman–Crippen LogP) is 5.27. The fraction of sp³-hybridized carbons (Fsp3) is 0.200. The van der Waals surface area contributed by atoms with Crippen LogP contribution in [-0.4, -0.2) is 24.2 Å². The van der Waals surface area contributed by atoms with Crippen molar-refractivity contribution in [3.63, 3.8) is 0 Å². The molecule has 2 heterocycles. The molecule has 0 aliphatic rings. The number of nitrogens with zero attached hydrogens (tertiary/aromatic N) is 2. The minimum absolute atomic E-state index is 0.309. The van der Waals surface area contributed by atoms with E-state index in [2.05, 4.69) is 22.5 Å². The maximum absolute atomic E-state index is 12.9. The molecular weight excluding hydrogens is 400 g/mol. The van der Waals surface area contributed by atoms with Gasteiger partial charge in [0.25, 0.3) is 5.91 Å². The van der Waals surface area contributed by atoms with Crippen molar-refractivity contribution >= 4 is 60.5 Å². The van der Waals surface area contributed by atoms with Crippen LogP contribution in [0.5, 0.6) is 0 Å². The molecule has 0 aliphatic carbocycles. The predicted molar refractivity (Wildman–Crippen MR) is 113 cm³/mol. The molecule has 0 N–H and O–H groups in total. The Morgan fingerprint density at radius 3 is 2.70 bits per heavy atom. The third kappa shape index (κ3) is 3.34. The van der Waals surface area contributed by atoms with Crippen molar-refractivity contribution in [2.45, 2.75) is 13.5 Å². The third-order valence-corrected chi connectivity index (χ3v) is 7.06. The first-order valence-electron chi connectivity index (χ1n) is 8.44. The Bertz CT molecular complexity index is 1220. The molecule has 4 nitrogen and oxygen atoms in total. The van der Waals surface area contributed by atoms with Gasteiger partial charge in [-0.25, -0.2) is 0 Å². The molecule has 4 rings (SSSR count). The summed E-state index contributed by atoms with van der Waals surface area (Å²) in [6, 6.07) is 13.9. The number of fused-ring (bicyclic) bond motifs is 2. The zero-order valence-corrected chi connectivity index (χ0v) is 17.2. The van der Waals surface area contributed by atoms with Gasteiger partial charge in [0.05, 0.1) is 21.8 Å². The second-order valence-electron chi connectivity index (χ2n) is 6.11. The van der Waals surface area contributed by atoms with Crippen LogP contribution in [0.2, 0.25) is 5.02 Å². The lowest BCUT2D eigenvalue weighted by atomic mass is 10.2. The van der Waals surface area contributed by atoms with E-state index in [-0.39, 0.29) is 5.91 Å². The van der Waals surface area contributed by atoms with E-state index < -0.39 is 0 Å². The number of thiophene rings is 1. The van der Waals surface area contributed by atoms with E-state index in [0.717, 1.165) is 25.9 Å². The normalized spacial score (nSPS) is 12.3. The summed E-state index contributed by atoms with van der Waals surface area (Å²) in [5.74, 6) is -0.309. The van der Waals surface area contributed by atoms with Crippen LogP contribution in [0.4, 0.5) is 0 Å². The van der Waals surface area contributed by atoms with Crippen LogP contribution in [0.15, 0.2) is 47.5 Å². The Morgan fingerprint density at radius 1 is 1.15 bits per heavy atom. The molecule has 2 aromatic heterocycles. The summed E-state index contributed by atoms with van der Waals surface area (Å²) >= 11 is 9.34. The van der Waals surface area contributed by atoms with Crippen molar-refractivity contribution in [2.24, 2.45) is 4.99 Å². The number of ether oxygens (including phenoxy) is 1. The third-order valence-electron chi connectivity index (χ3n) is 4.35. The molecule has 4 aromatic rings. The van der Waals surface area contributed by atoms with Gasteiger partial charge in [0.2, 0.25) is 0 Å². The number of hydrogen-bond acceptors (Lipinski definition) is 4. The largest absolute Gasteiger partial charge is 0.383 e. The number of carbonyl (C=O) groups is 1. The van der Waals surface area contributed by atoms with Gasteiger partial charge in [0, 0.05) is 23.7 Å². The smallest absolute Gasteiger partial charge is 0.291 e. The number of aromatic nitrogens is 1. The summed E-state index contributed by atoms with van der Waals surface area (Å²) in [6.07, 6.45) is 0. The molecule has 0 radical (unpaired) electrons. The lowest BCUT2D eigenvalue weighted by Gasteiger charge is -2.06. The molecule has 0 saturated carbocycles. The van der Waals surface area contributed by atoms with Crippen LogP contribution in [0, 0.1) is 6.92 Å². The quantitative estimate of drug-likeness (QED) is 0.455. The number of aryl methyl sites for hydroxylation is 1. The highest BCUT2D eigenvalue weighted by molar-refractivity contribution is 7.21. The van der Waals surface area contributed by atoms with Gasteiger partial charge in [0.1, 0.15) is 4.88 Å². The monoisotopic (exact) mass is 416 g/mol. The first-order chi connectivity index (χ1) is 13.1. The molecule has 27 heavy (non-hydrogen) atoms. The molecule has 1 amide bonds. The summed E-state index contributed by atoms with van der Waals surface area (Å²) in [4.78, 5) is 18.5. The molecule has 0 unspecified atom stereocenters. The van der Waals surface area contributed by atoms with E-state index in [1.54, 1.807) is 7.11 Å². The van der Waals surface area contributed by atoms with Crippen LogP contribution in [0.3, 0.4) is 0 Å². The SMILES string of the molecule is COCCn1c(=NC(=O)c2sc3ccccc3c2Cl)sc2cccc(C)c21. The van der Waals surface area contributed by atoms with Crippen molar-refractivity contribution in [3.05, 3.63) is 62.7 Å². The van der Waals surface area contributed by atoms with Gasteiger partial charge in [-0.15, -0.1) is 11.3 Å². The summed E-state index contributed by atoms with van der Waals surface area (Å²) in [5.41, 5.74) is 2.24. The number of carbonyl (C=O) groups excluding carboxylic acids is 1. The molecule has 0 saturated heterocycles. The first-order valence-corrected chi connectivity index (χ1v) is 10.4. The average molecular weight is 417 g/mol. The lowest BCUT2D eigenvalue weighted by Crippen LogP contribution is -2.19. The number of rotatable bonds is 4. The minimum Gasteiger partial charge on any atom is -0.383 e. The number of benzene rings is 2. The second-order valence-corrected chi connectivity index (χ2v) is 8.55. The fourth-order valence-corrected chi connectivity index (χ4v) is 5.60. The minimum atomic E-state index is -0.309. The van der Waals surface area contributed by atoms with Crippen LogP contribution in [0.1, 0.15) is 15.2 Å². The molecule has 0 aliphatic heterocycles. The molecule has 7 heteroatoms. The Morgan fingerprint density at radius 2 is 1.93 bits per heavy atom. The van der Waals surface area contributed by atoms with Crippen LogP contribution >= 0.6 is 34.3 Å². The van der Waals surface area contributed by atoms with Crippen molar-refractivity contribution in [1.82, 2.24) is 4.57 Å². The van der Waals surface area contributed by atoms with Gasteiger partial charge < -0.3 is 9.30 Å². The Kier molecular flexibility index (Phi) is 5.14. The molecule has 138 valence electrons. The van der Waals surface area contributed by atoms with Gasteiger partial charge in [-0.3, -0.25) is 4.79 Å². The maximum atomic E-state index is 12.9. The van der Waals surface area contributed by atoms with Gasteiger partial charge in [-0.1, -0.05) is 53.3 Å². The van der Waals surface area contributed by atoms with E-state index in [9.17, 15) is 4.79 Å². The number of hydrogen-bond donors (Lipinski definition) is 0. The topological polar surface area (TPSA) is 43.6 Å². The van der Waals surface area contributed by atoms with Crippen molar-refractivity contribution in [2.75, 3.05) is 13.7 Å². The van der Waals surface area contributed by atoms with E-state index in [0.29, 0.717) is 27.9 Å². The zero-order chi connectivity index (χ0) is 19.0. The summed E-state index contributed by atoms with van der Waals surface area (Å²) in [5, 5.41) is 1.37. The van der Waals surface area contributed by atoms with E-state index in [4.69, 9.17) is 16.3 Å². The Hall–Kier alpha value is -1.99. The second kappa shape index (κ2) is 7.56. The highest BCUT2D eigenvalue weighted by atomic mass is 35.5. The first kappa shape index (κ1) is 18.4. The molecule has 2 aromatic carbocycles. The number of halogens is 1. The molecule has 0 atom stereocenters. The number of amides is 1. The standard InChI is InChI=1S/C20H17ClN2O2S2/c1-12-6-5-9-15-17(12)23(10-11-25-2)20(27-15)22-19(24)18-16(21)13-7-3-4-8-14(13)26-18/h3-9H,10-11H2,1-2H3. The van der Waals surface area contributed by atoms with Gasteiger partial charge >= 0.3 is 0 Å². The maximum Gasteiger partial charge on any atom is 0.291 e. The number of para-hydroxylation sites is 1. The number of thiazole rings is 1. The highest BCUT2D eigenvalue weighted by Crippen LogP contribution is 2.35. The van der Waals surface area contributed by atoms with E-state index in [1.807, 2.05) is 36.4 Å². The Balaban J connectivity index is 1.87. The fourth-order valence-electron chi connectivity index (χ4n) is 3.07. The van der Waals surface area contributed by atoms with Gasteiger partial charge in [-0.2, -0.15) is 4.99 Å². The summed E-state index contributed by atoms with van der Waals surface area (Å²) < 4.78 is 9.38. The van der Waals surface area contributed by atoms with Gasteiger partial charge in [-0.05, 0) is 24.6 Å². The molecule has 0 bridgehead atoms. The van der Waals surface area contributed by atoms with Crippen molar-refractivity contribution in [1.29, 1.82) is 0 Å². The average Bonchev–Trinajstić information content (AvgIpc) is 3.19. The summed E-state index contributed by atoms with van der Waals surface area (Å²) in [6.45, 7) is 3.24. The zero-order valence-electron chi connectivity index (χ0n) is 14.9. The molecule has 0 spiro atoms. The van der Waals surface area contributed by atoms with Crippen molar-refractivity contribution in [3.8, 4) is 0 Å². The van der Waals surface area contributed by atoms with Crippen LogP contribution < -0.4 is 4.80 Å². The van der Waals surface area contributed by atoms with Gasteiger partial charge in [0.15, 0.2) is 4.80 Å². The highest BCUT2D eigenvalue weighted by Gasteiger charge is 2.17. The van der Waals surface area contributed by atoms with E-state index >= 15 is 0 Å². The molecular formula is C20H17ClN2O2S2. The van der Waals surface area contributed by atoms with E-state index in [1.165, 1.54) is 22.7 Å². The lowest BCUT2D eigenvalue weighted by molar-refractivity contribution is 0.100. The number of methoxy groups -OCH3 is 1. The Labute approximate surface area is 169 Å². The van der Waals surface area contributed by atoms with Crippen molar-refractivity contribution < 1.29 is 9.53 Å².